The Kier molecular flexibility index (Phi) is 4.39. The van der Waals surface area contributed by atoms with Crippen LogP contribution >= 0.6 is 0 Å². The minimum atomic E-state index is -0.546. The molecule has 0 aliphatic heterocycles. The van der Waals surface area contributed by atoms with Gasteiger partial charge in [-0.3, -0.25) is 14.2 Å². The van der Waals surface area contributed by atoms with Crippen molar-refractivity contribution in [3.8, 4) is 11.4 Å². The van der Waals surface area contributed by atoms with Gasteiger partial charge in [0.05, 0.1) is 5.52 Å². The maximum atomic E-state index is 13.0. The number of hydrogen-bond acceptors (Lipinski definition) is 4. The normalized spacial score (nSPS) is 11.1. The largest absolute Gasteiger partial charge is 0.506 e. The summed E-state index contributed by atoms with van der Waals surface area (Å²) in [6, 6.07) is 16.0. The van der Waals surface area contributed by atoms with Crippen LogP contribution in [0.3, 0.4) is 0 Å². The molecular weight excluding hydrogens is 316 g/mol. The molecule has 3 rings (SSSR count). The van der Waals surface area contributed by atoms with Crippen molar-refractivity contribution in [2.75, 3.05) is 14.1 Å². The van der Waals surface area contributed by atoms with Gasteiger partial charge in [0.2, 0.25) is 0 Å². The maximum absolute atomic E-state index is 13.0. The fourth-order valence-corrected chi connectivity index (χ4v) is 2.68. The lowest BCUT2D eigenvalue weighted by atomic mass is 10.1. The fourth-order valence-electron chi connectivity index (χ4n) is 2.68. The van der Waals surface area contributed by atoms with Crippen LogP contribution < -0.4 is 5.56 Å². The predicted octanol–water partition coefficient (Wildman–Crippen LogP) is 2.95. The molecule has 2 aromatic carbocycles. The third kappa shape index (κ3) is 3.04. The molecule has 1 N–H and O–H groups in total. The molecule has 0 saturated carbocycles. The smallest absolute Gasteiger partial charge is 0.270 e. The van der Waals surface area contributed by atoms with E-state index in [0.29, 0.717) is 16.6 Å². The van der Waals surface area contributed by atoms with Crippen molar-refractivity contribution in [1.29, 1.82) is 0 Å². The number of nitrogens with zero attached hydrogens (tertiary/aromatic N) is 2. The van der Waals surface area contributed by atoms with Gasteiger partial charge in [0.1, 0.15) is 11.3 Å². The Morgan fingerprint density at radius 1 is 1.04 bits per heavy atom. The summed E-state index contributed by atoms with van der Waals surface area (Å²) in [5.74, 6) is -0.826. The van der Waals surface area contributed by atoms with Gasteiger partial charge < -0.3 is 10.0 Å². The summed E-state index contributed by atoms with van der Waals surface area (Å²) in [5.41, 5.74) is 0.398. The number of allylic oxidation sites excluding steroid dienone is 1. The van der Waals surface area contributed by atoms with Crippen LogP contribution in [0.4, 0.5) is 0 Å². The molecule has 0 atom stereocenters. The van der Waals surface area contributed by atoms with Crippen LogP contribution in [0.15, 0.2) is 71.7 Å². The van der Waals surface area contributed by atoms with Crippen LogP contribution in [0, 0.1) is 0 Å². The molecule has 25 heavy (non-hydrogen) atoms. The van der Waals surface area contributed by atoms with Crippen molar-refractivity contribution < 1.29 is 9.90 Å². The topological polar surface area (TPSA) is 62.5 Å². The average Bonchev–Trinajstić information content (AvgIpc) is 2.61. The second kappa shape index (κ2) is 6.65. The van der Waals surface area contributed by atoms with E-state index in [1.165, 1.54) is 10.6 Å². The zero-order valence-corrected chi connectivity index (χ0v) is 14.0. The highest BCUT2D eigenvalue weighted by Crippen LogP contribution is 2.28. The highest BCUT2D eigenvalue weighted by atomic mass is 16.3. The van der Waals surface area contributed by atoms with Gasteiger partial charge in [-0.25, -0.2) is 0 Å². The number of pyridine rings is 1. The minimum Gasteiger partial charge on any atom is -0.506 e. The van der Waals surface area contributed by atoms with E-state index < -0.39 is 11.3 Å². The first-order valence-electron chi connectivity index (χ1n) is 7.82. The molecule has 1 aromatic heterocycles. The number of aromatic nitrogens is 1. The quantitative estimate of drug-likeness (QED) is 0.588. The lowest BCUT2D eigenvalue weighted by Crippen LogP contribution is -2.25. The van der Waals surface area contributed by atoms with E-state index in [-0.39, 0.29) is 11.3 Å². The molecule has 0 fully saturated rings. The molecular formula is C20H18N2O3. The van der Waals surface area contributed by atoms with Gasteiger partial charge in [-0.2, -0.15) is 0 Å². The van der Waals surface area contributed by atoms with Crippen molar-refractivity contribution in [2.45, 2.75) is 0 Å². The molecule has 0 saturated heterocycles. The number of benzene rings is 2. The molecule has 0 aliphatic rings. The molecule has 0 radical (unpaired) electrons. The monoisotopic (exact) mass is 334 g/mol. The Morgan fingerprint density at radius 2 is 1.68 bits per heavy atom. The van der Waals surface area contributed by atoms with Crippen molar-refractivity contribution in [2.24, 2.45) is 0 Å². The van der Waals surface area contributed by atoms with Crippen LogP contribution in [0.5, 0.6) is 5.75 Å². The predicted molar refractivity (Wildman–Crippen MR) is 98.4 cm³/mol. The number of para-hydroxylation sites is 2. The summed E-state index contributed by atoms with van der Waals surface area (Å²) in [7, 11) is 3.54. The van der Waals surface area contributed by atoms with E-state index in [1.54, 1.807) is 61.6 Å². The second-order valence-electron chi connectivity index (χ2n) is 5.86. The molecule has 0 aliphatic carbocycles. The van der Waals surface area contributed by atoms with Gasteiger partial charge in [-0.1, -0.05) is 30.3 Å². The number of carbonyl (C=O) groups excluding carboxylic acids is 1. The summed E-state index contributed by atoms with van der Waals surface area (Å²) in [6.45, 7) is 0. The Morgan fingerprint density at radius 3 is 2.36 bits per heavy atom. The van der Waals surface area contributed by atoms with Gasteiger partial charge in [0, 0.05) is 37.4 Å². The maximum Gasteiger partial charge on any atom is 0.270 e. The van der Waals surface area contributed by atoms with E-state index in [0.717, 1.165) is 0 Å². The van der Waals surface area contributed by atoms with Crippen LogP contribution in [0.2, 0.25) is 0 Å². The van der Waals surface area contributed by atoms with Crippen molar-refractivity contribution in [3.05, 3.63) is 82.8 Å². The van der Waals surface area contributed by atoms with Gasteiger partial charge in [-0.05, 0) is 24.3 Å². The first-order chi connectivity index (χ1) is 12.0. The van der Waals surface area contributed by atoms with Crippen LogP contribution in [0.1, 0.15) is 10.4 Å². The summed E-state index contributed by atoms with van der Waals surface area (Å²) in [5, 5.41) is 11.0. The number of rotatable bonds is 4. The Bertz CT molecular complexity index is 1020. The van der Waals surface area contributed by atoms with Gasteiger partial charge in [0.15, 0.2) is 5.78 Å². The van der Waals surface area contributed by atoms with Crippen LogP contribution in [0.25, 0.3) is 16.6 Å². The third-order valence-electron chi connectivity index (χ3n) is 3.84. The van der Waals surface area contributed by atoms with E-state index in [2.05, 4.69) is 0 Å². The number of aromatic hydroxyl groups is 1. The first-order valence-corrected chi connectivity index (χ1v) is 7.82. The van der Waals surface area contributed by atoms with Crippen molar-refractivity contribution in [1.82, 2.24) is 9.47 Å². The lowest BCUT2D eigenvalue weighted by Gasteiger charge is -2.14. The number of fused-ring (bicyclic) bond motifs is 1. The Hall–Kier alpha value is -3.34. The molecule has 5 nitrogen and oxygen atoms in total. The van der Waals surface area contributed by atoms with E-state index in [4.69, 9.17) is 0 Å². The van der Waals surface area contributed by atoms with Crippen molar-refractivity contribution >= 4 is 16.7 Å². The van der Waals surface area contributed by atoms with Crippen molar-refractivity contribution in [3.63, 3.8) is 0 Å². The number of hydrogen-bond donors (Lipinski definition) is 1. The summed E-state index contributed by atoms with van der Waals surface area (Å²) in [4.78, 5) is 27.2. The standard InChI is InChI=1S/C20H18N2O3/c1-21(2)13-12-17(23)18-19(24)15-10-6-7-11-16(15)22(20(18)25)14-8-4-3-5-9-14/h3-13,24H,1-2H3/b13-12+. The number of carbonyl (C=O) groups is 1. The molecule has 1 heterocycles. The van der Waals surface area contributed by atoms with Gasteiger partial charge in [-0.15, -0.1) is 0 Å². The third-order valence-corrected chi connectivity index (χ3v) is 3.84. The lowest BCUT2D eigenvalue weighted by molar-refractivity contribution is 0.104. The summed E-state index contributed by atoms with van der Waals surface area (Å²) < 4.78 is 1.45. The second-order valence-corrected chi connectivity index (χ2v) is 5.86. The summed E-state index contributed by atoms with van der Waals surface area (Å²) in [6.07, 6.45) is 2.82. The zero-order valence-electron chi connectivity index (χ0n) is 14.0. The van der Waals surface area contributed by atoms with E-state index >= 15 is 0 Å². The molecule has 0 spiro atoms. The molecule has 0 bridgehead atoms. The molecule has 0 amide bonds. The van der Waals surface area contributed by atoms with E-state index in [9.17, 15) is 14.7 Å². The fraction of sp³-hybridized carbons (Fsp3) is 0.100. The highest BCUT2D eigenvalue weighted by molar-refractivity contribution is 6.09. The molecule has 0 unspecified atom stereocenters. The Labute approximate surface area is 145 Å². The molecule has 126 valence electrons. The van der Waals surface area contributed by atoms with Gasteiger partial charge >= 0.3 is 0 Å². The Balaban J connectivity index is 2.36. The van der Waals surface area contributed by atoms with Gasteiger partial charge in [0.25, 0.3) is 5.56 Å². The minimum absolute atomic E-state index is 0.236. The summed E-state index contributed by atoms with van der Waals surface area (Å²) >= 11 is 0. The SMILES string of the molecule is CN(C)/C=C/C(=O)c1c(O)c2ccccc2n(-c2ccccc2)c1=O. The van der Waals surface area contributed by atoms with E-state index in [1.807, 2.05) is 18.2 Å². The average molecular weight is 334 g/mol. The molecule has 3 aromatic rings. The number of ketones is 1. The highest BCUT2D eigenvalue weighted by Gasteiger charge is 2.21. The molecule has 5 heteroatoms. The zero-order chi connectivity index (χ0) is 18.0. The van der Waals surface area contributed by atoms with Crippen LogP contribution in [-0.4, -0.2) is 34.5 Å². The first kappa shape index (κ1) is 16.5. The van der Waals surface area contributed by atoms with Crippen LogP contribution in [-0.2, 0) is 0 Å².